The maximum Gasteiger partial charge on any atom is 0.336 e. The van der Waals surface area contributed by atoms with Gasteiger partial charge in [-0.3, -0.25) is 0 Å². The van der Waals surface area contributed by atoms with E-state index in [4.69, 9.17) is 16.7 Å². The zero-order valence-corrected chi connectivity index (χ0v) is 10.3. The van der Waals surface area contributed by atoms with E-state index in [1.54, 1.807) is 24.3 Å². The fourth-order valence-corrected chi connectivity index (χ4v) is 1.94. The predicted octanol–water partition coefficient (Wildman–Crippen LogP) is 4.15. The van der Waals surface area contributed by atoms with Gasteiger partial charge in [-0.2, -0.15) is 0 Å². The third-order valence-corrected chi connectivity index (χ3v) is 2.90. The largest absolute Gasteiger partial charge is 0.478 e. The maximum atomic E-state index is 13.6. The Morgan fingerprint density at radius 3 is 2.61 bits per heavy atom. The zero-order chi connectivity index (χ0) is 13.3. The smallest absolute Gasteiger partial charge is 0.336 e. The van der Waals surface area contributed by atoms with E-state index in [0.717, 1.165) is 0 Å². The van der Waals surface area contributed by atoms with E-state index >= 15 is 0 Å². The maximum absolute atomic E-state index is 13.6. The summed E-state index contributed by atoms with van der Waals surface area (Å²) in [6.45, 7) is 1.53. The quantitative estimate of drug-likeness (QED) is 0.885. The standard InChI is InChI=1S/C14H10ClFO2/c1-8-5-12(14(17)18)11(7-13(8)16)9-3-2-4-10(15)6-9/h2-7H,1H3,(H,17,18). The van der Waals surface area contributed by atoms with Crippen LogP contribution in [-0.4, -0.2) is 11.1 Å². The van der Waals surface area contributed by atoms with Gasteiger partial charge < -0.3 is 5.11 Å². The van der Waals surface area contributed by atoms with Crippen molar-refractivity contribution in [3.63, 3.8) is 0 Å². The number of carboxylic acids is 1. The van der Waals surface area contributed by atoms with Crippen LogP contribution < -0.4 is 0 Å². The molecule has 0 saturated carbocycles. The van der Waals surface area contributed by atoms with Crippen molar-refractivity contribution >= 4 is 17.6 Å². The second-order valence-corrected chi connectivity index (χ2v) is 4.40. The Balaban J connectivity index is 2.69. The number of halogens is 2. The molecule has 0 saturated heterocycles. The number of hydrogen-bond donors (Lipinski definition) is 1. The molecule has 2 nitrogen and oxygen atoms in total. The number of aromatic carboxylic acids is 1. The Morgan fingerprint density at radius 1 is 1.28 bits per heavy atom. The first-order chi connectivity index (χ1) is 8.49. The summed E-state index contributed by atoms with van der Waals surface area (Å²) in [6, 6.07) is 9.23. The molecule has 0 aliphatic heterocycles. The summed E-state index contributed by atoms with van der Waals surface area (Å²) in [5.74, 6) is -1.52. The topological polar surface area (TPSA) is 37.3 Å². The fraction of sp³-hybridized carbons (Fsp3) is 0.0714. The molecule has 0 heterocycles. The monoisotopic (exact) mass is 264 g/mol. The molecule has 4 heteroatoms. The lowest BCUT2D eigenvalue weighted by molar-refractivity contribution is 0.0697. The van der Waals surface area contributed by atoms with Crippen molar-refractivity contribution in [2.75, 3.05) is 0 Å². The van der Waals surface area contributed by atoms with E-state index < -0.39 is 11.8 Å². The minimum absolute atomic E-state index is 0.0659. The van der Waals surface area contributed by atoms with Crippen LogP contribution in [0.5, 0.6) is 0 Å². The first-order valence-electron chi connectivity index (χ1n) is 5.28. The molecule has 2 rings (SSSR count). The number of aryl methyl sites for hydroxylation is 1. The summed E-state index contributed by atoms with van der Waals surface area (Å²) >= 11 is 5.86. The molecule has 0 radical (unpaired) electrons. The predicted molar refractivity (Wildman–Crippen MR) is 68.5 cm³/mol. The molecule has 0 aliphatic rings. The minimum Gasteiger partial charge on any atom is -0.478 e. The van der Waals surface area contributed by atoms with Crippen LogP contribution in [0.1, 0.15) is 15.9 Å². The molecule has 0 spiro atoms. The molecular formula is C14H10ClFO2. The summed E-state index contributed by atoms with van der Waals surface area (Å²) < 4.78 is 13.6. The molecule has 0 atom stereocenters. The molecule has 0 fully saturated rings. The van der Waals surface area contributed by atoms with Gasteiger partial charge in [-0.25, -0.2) is 9.18 Å². The van der Waals surface area contributed by atoms with E-state index in [9.17, 15) is 9.18 Å². The van der Waals surface area contributed by atoms with Gasteiger partial charge in [0.1, 0.15) is 5.82 Å². The lowest BCUT2D eigenvalue weighted by atomic mass is 9.97. The summed E-state index contributed by atoms with van der Waals surface area (Å²) in [5.41, 5.74) is 1.28. The van der Waals surface area contributed by atoms with Gasteiger partial charge in [-0.05, 0) is 47.9 Å². The van der Waals surface area contributed by atoms with Gasteiger partial charge in [0, 0.05) is 5.02 Å². The van der Waals surface area contributed by atoms with E-state index in [1.807, 2.05) is 0 Å². The van der Waals surface area contributed by atoms with E-state index in [1.165, 1.54) is 19.1 Å². The van der Waals surface area contributed by atoms with Crippen LogP contribution in [0, 0.1) is 12.7 Å². The molecule has 0 unspecified atom stereocenters. The van der Waals surface area contributed by atoms with Gasteiger partial charge in [0.2, 0.25) is 0 Å². The second-order valence-electron chi connectivity index (χ2n) is 3.96. The van der Waals surface area contributed by atoms with Crippen molar-refractivity contribution in [2.24, 2.45) is 0 Å². The third-order valence-electron chi connectivity index (χ3n) is 2.66. The SMILES string of the molecule is Cc1cc(C(=O)O)c(-c2cccc(Cl)c2)cc1F. The summed E-state index contributed by atoms with van der Waals surface area (Å²) in [6.07, 6.45) is 0. The zero-order valence-electron chi connectivity index (χ0n) is 9.58. The summed E-state index contributed by atoms with van der Waals surface area (Å²) in [7, 11) is 0. The molecule has 0 amide bonds. The molecule has 18 heavy (non-hydrogen) atoms. The molecular weight excluding hydrogens is 255 g/mol. The van der Waals surface area contributed by atoms with Crippen LogP contribution in [0.3, 0.4) is 0 Å². The Hall–Kier alpha value is -1.87. The van der Waals surface area contributed by atoms with Crippen LogP contribution in [0.4, 0.5) is 4.39 Å². The number of benzene rings is 2. The Morgan fingerprint density at radius 2 is 2.00 bits per heavy atom. The van der Waals surface area contributed by atoms with Crippen LogP contribution in [0.2, 0.25) is 5.02 Å². The van der Waals surface area contributed by atoms with Crippen molar-refractivity contribution < 1.29 is 14.3 Å². The first-order valence-corrected chi connectivity index (χ1v) is 5.66. The van der Waals surface area contributed by atoms with Gasteiger partial charge in [-0.15, -0.1) is 0 Å². The van der Waals surface area contributed by atoms with Crippen molar-refractivity contribution in [1.29, 1.82) is 0 Å². The Kier molecular flexibility index (Phi) is 3.34. The highest BCUT2D eigenvalue weighted by Gasteiger charge is 2.14. The number of carbonyl (C=O) groups is 1. The molecule has 0 bridgehead atoms. The molecule has 92 valence electrons. The Labute approximate surface area is 109 Å². The summed E-state index contributed by atoms with van der Waals surface area (Å²) in [5, 5.41) is 9.63. The molecule has 2 aromatic rings. The molecule has 2 aromatic carbocycles. The minimum atomic E-state index is -1.09. The number of carboxylic acid groups (broad SMARTS) is 1. The number of rotatable bonds is 2. The van der Waals surface area contributed by atoms with E-state index in [2.05, 4.69) is 0 Å². The average molecular weight is 265 g/mol. The van der Waals surface area contributed by atoms with Gasteiger partial charge in [0.05, 0.1) is 5.56 Å². The van der Waals surface area contributed by atoms with Crippen LogP contribution in [0.15, 0.2) is 36.4 Å². The van der Waals surface area contributed by atoms with E-state index in [-0.39, 0.29) is 5.56 Å². The van der Waals surface area contributed by atoms with Crippen molar-refractivity contribution in [2.45, 2.75) is 6.92 Å². The highest BCUT2D eigenvalue weighted by atomic mass is 35.5. The second kappa shape index (κ2) is 4.78. The first kappa shape index (κ1) is 12.6. The average Bonchev–Trinajstić information content (AvgIpc) is 2.31. The third kappa shape index (κ3) is 2.36. The lowest BCUT2D eigenvalue weighted by Gasteiger charge is -2.09. The molecule has 0 aliphatic carbocycles. The van der Waals surface area contributed by atoms with Crippen molar-refractivity contribution in [3.8, 4) is 11.1 Å². The van der Waals surface area contributed by atoms with Gasteiger partial charge in [0.25, 0.3) is 0 Å². The number of hydrogen-bond acceptors (Lipinski definition) is 1. The van der Waals surface area contributed by atoms with Crippen LogP contribution >= 0.6 is 11.6 Å². The van der Waals surface area contributed by atoms with Gasteiger partial charge >= 0.3 is 5.97 Å². The van der Waals surface area contributed by atoms with Crippen molar-refractivity contribution in [1.82, 2.24) is 0 Å². The lowest BCUT2D eigenvalue weighted by Crippen LogP contribution is -2.01. The summed E-state index contributed by atoms with van der Waals surface area (Å²) in [4.78, 5) is 11.2. The van der Waals surface area contributed by atoms with Crippen molar-refractivity contribution in [3.05, 3.63) is 58.4 Å². The fourth-order valence-electron chi connectivity index (χ4n) is 1.75. The highest BCUT2D eigenvalue weighted by Crippen LogP contribution is 2.28. The van der Waals surface area contributed by atoms with Gasteiger partial charge in [-0.1, -0.05) is 23.7 Å². The normalized spacial score (nSPS) is 10.4. The van der Waals surface area contributed by atoms with Crippen LogP contribution in [-0.2, 0) is 0 Å². The van der Waals surface area contributed by atoms with E-state index in [0.29, 0.717) is 21.7 Å². The molecule has 1 N–H and O–H groups in total. The Bertz CT molecular complexity index is 623. The van der Waals surface area contributed by atoms with Crippen LogP contribution in [0.25, 0.3) is 11.1 Å². The molecule has 0 aromatic heterocycles. The highest BCUT2D eigenvalue weighted by molar-refractivity contribution is 6.30. The van der Waals surface area contributed by atoms with Gasteiger partial charge in [0.15, 0.2) is 0 Å².